The van der Waals surface area contributed by atoms with Crippen LogP contribution in [0.5, 0.6) is 0 Å². The SMILES string of the molecule is CNC(C)c1ccc(SCc2cccc(Cl)c2Cl)cc1. The van der Waals surface area contributed by atoms with Gasteiger partial charge in [0.15, 0.2) is 0 Å². The molecule has 1 unspecified atom stereocenters. The second-order valence-electron chi connectivity index (χ2n) is 4.58. The van der Waals surface area contributed by atoms with Gasteiger partial charge < -0.3 is 5.32 Å². The Bertz CT molecular complexity index is 569. The second-order valence-corrected chi connectivity index (χ2v) is 6.41. The van der Waals surface area contributed by atoms with E-state index in [-0.39, 0.29) is 0 Å². The predicted octanol–water partition coefficient (Wildman–Crippen LogP) is 5.57. The molecule has 0 aliphatic carbocycles. The highest BCUT2D eigenvalue weighted by atomic mass is 35.5. The number of rotatable bonds is 5. The number of hydrogen-bond donors (Lipinski definition) is 1. The summed E-state index contributed by atoms with van der Waals surface area (Å²) in [6.45, 7) is 2.15. The summed E-state index contributed by atoms with van der Waals surface area (Å²) in [5, 5.41) is 4.50. The number of halogens is 2. The highest BCUT2D eigenvalue weighted by Gasteiger charge is 2.06. The van der Waals surface area contributed by atoms with E-state index in [0.29, 0.717) is 16.1 Å². The maximum atomic E-state index is 6.19. The molecule has 0 aliphatic heterocycles. The third-order valence-corrected chi connectivity index (χ3v) is 5.16. The third kappa shape index (κ3) is 3.92. The zero-order valence-electron chi connectivity index (χ0n) is 11.5. The second kappa shape index (κ2) is 7.37. The maximum absolute atomic E-state index is 6.19. The van der Waals surface area contributed by atoms with Gasteiger partial charge in [0.05, 0.1) is 10.0 Å². The molecule has 0 saturated carbocycles. The van der Waals surface area contributed by atoms with Gasteiger partial charge in [-0.05, 0) is 43.3 Å². The first-order chi connectivity index (χ1) is 9.61. The molecule has 0 heterocycles. The van der Waals surface area contributed by atoms with Gasteiger partial charge >= 0.3 is 0 Å². The third-order valence-electron chi connectivity index (χ3n) is 3.24. The summed E-state index contributed by atoms with van der Waals surface area (Å²) in [5.74, 6) is 0.820. The lowest BCUT2D eigenvalue weighted by Crippen LogP contribution is -2.11. The van der Waals surface area contributed by atoms with Crippen molar-refractivity contribution in [3.8, 4) is 0 Å². The van der Waals surface area contributed by atoms with Crippen LogP contribution in [0.2, 0.25) is 10.0 Å². The van der Waals surface area contributed by atoms with E-state index in [1.54, 1.807) is 11.8 Å². The van der Waals surface area contributed by atoms with Gasteiger partial charge in [-0.1, -0.05) is 47.5 Å². The first-order valence-corrected chi connectivity index (χ1v) is 8.19. The minimum atomic E-state index is 0.372. The molecule has 1 nitrogen and oxygen atoms in total. The van der Waals surface area contributed by atoms with E-state index in [1.165, 1.54) is 10.5 Å². The minimum Gasteiger partial charge on any atom is -0.313 e. The monoisotopic (exact) mass is 325 g/mol. The summed E-state index contributed by atoms with van der Waals surface area (Å²) in [7, 11) is 1.97. The van der Waals surface area contributed by atoms with E-state index in [9.17, 15) is 0 Å². The van der Waals surface area contributed by atoms with Crippen LogP contribution in [0, 0.1) is 0 Å². The molecule has 0 spiro atoms. The zero-order chi connectivity index (χ0) is 14.5. The smallest absolute Gasteiger partial charge is 0.0632 e. The van der Waals surface area contributed by atoms with E-state index in [2.05, 4.69) is 36.5 Å². The van der Waals surface area contributed by atoms with Crippen molar-refractivity contribution in [3.05, 3.63) is 63.6 Å². The Balaban J connectivity index is 2.02. The number of nitrogens with one attached hydrogen (secondary N) is 1. The molecule has 20 heavy (non-hydrogen) atoms. The summed E-state index contributed by atoms with van der Waals surface area (Å²) in [4.78, 5) is 1.23. The molecule has 1 N–H and O–H groups in total. The quantitative estimate of drug-likeness (QED) is 0.721. The molecule has 2 rings (SSSR count). The van der Waals surface area contributed by atoms with Gasteiger partial charge in [-0.25, -0.2) is 0 Å². The fraction of sp³-hybridized carbons (Fsp3) is 0.250. The molecule has 2 aromatic carbocycles. The Morgan fingerprint density at radius 1 is 1.10 bits per heavy atom. The molecular formula is C16H17Cl2NS. The molecule has 0 aromatic heterocycles. The molecular weight excluding hydrogens is 309 g/mol. The van der Waals surface area contributed by atoms with Gasteiger partial charge in [-0.3, -0.25) is 0 Å². The van der Waals surface area contributed by atoms with Gasteiger partial charge in [0.25, 0.3) is 0 Å². The summed E-state index contributed by atoms with van der Waals surface area (Å²) in [5.41, 5.74) is 2.36. The maximum Gasteiger partial charge on any atom is 0.0632 e. The normalized spacial score (nSPS) is 12.4. The van der Waals surface area contributed by atoms with Crippen LogP contribution in [-0.4, -0.2) is 7.05 Å². The Morgan fingerprint density at radius 2 is 1.80 bits per heavy atom. The molecule has 0 radical (unpaired) electrons. The lowest BCUT2D eigenvalue weighted by Gasteiger charge is -2.11. The van der Waals surface area contributed by atoms with Crippen molar-refractivity contribution in [1.82, 2.24) is 5.32 Å². The van der Waals surface area contributed by atoms with Crippen molar-refractivity contribution in [2.75, 3.05) is 7.05 Å². The van der Waals surface area contributed by atoms with Crippen LogP contribution in [0.3, 0.4) is 0 Å². The Hall–Kier alpha value is -0.670. The fourth-order valence-electron chi connectivity index (χ4n) is 1.84. The highest BCUT2D eigenvalue weighted by Crippen LogP contribution is 2.31. The van der Waals surface area contributed by atoms with E-state index < -0.39 is 0 Å². The Labute approximate surface area is 134 Å². The highest BCUT2D eigenvalue weighted by molar-refractivity contribution is 7.98. The van der Waals surface area contributed by atoms with E-state index in [4.69, 9.17) is 23.2 Å². The average Bonchev–Trinajstić information content (AvgIpc) is 2.48. The lowest BCUT2D eigenvalue weighted by atomic mass is 10.1. The van der Waals surface area contributed by atoms with Crippen molar-refractivity contribution in [3.63, 3.8) is 0 Å². The van der Waals surface area contributed by atoms with Gasteiger partial charge in [-0.2, -0.15) is 0 Å². The number of thioether (sulfide) groups is 1. The molecule has 0 amide bonds. The Kier molecular flexibility index (Phi) is 5.79. The summed E-state index contributed by atoms with van der Waals surface area (Å²) in [6.07, 6.45) is 0. The average molecular weight is 326 g/mol. The van der Waals surface area contributed by atoms with Gasteiger partial charge in [0.1, 0.15) is 0 Å². The molecule has 106 valence electrons. The standard InChI is InChI=1S/C16H17Cl2NS/c1-11(19-2)12-6-8-14(9-7-12)20-10-13-4-3-5-15(17)16(13)18/h3-9,11,19H,10H2,1-2H3. The van der Waals surface area contributed by atoms with E-state index in [0.717, 1.165) is 11.3 Å². The fourth-order valence-corrected chi connectivity index (χ4v) is 3.20. The van der Waals surface area contributed by atoms with Gasteiger partial charge in [0.2, 0.25) is 0 Å². The van der Waals surface area contributed by atoms with Crippen LogP contribution in [0.25, 0.3) is 0 Å². The van der Waals surface area contributed by atoms with Crippen molar-refractivity contribution in [1.29, 1.82) is 0 Å². The molecule has 4 heteroatoms. The lowest BCUT2D eigenvalue weighted by molar-refractivity contribution is 0.652. The van der Waals surface area contributed by atoms with E-state index >= 15 is 0 Å². The predicted molar refractivity (Wildman–Crippen MR) is 89.9 cm³/mol. The molecule has 0 fully saturated rings. The van der Waals surface area contributed by atoms with Crippen molar-refractivity contribution < 1.29 is 0 Å². The van der Waals surface area contributed by atoms with Crippen molar-refractivity contribution in [2.45, 2.75) is 23.6 Å². The summed E-state index contributed by atoms with van der Waals surface area (Å²) in [6, 6.07) is 14.7. The molecule has 0 aliphatic rings. The summed E-state index contributed by atoms with van der Waals surface area (Å²) >= 11 is 14.0. The van der Waals surface area contributed by atoms with Crippen molar-refractivity contribution in [2.24, 2.45) is 0 Å². The van der Waals surface area contributed by atoms with Crippen molar-refractivity contribution >= 4 is 35.0 Å². The first-order valence-electron chi connectivity index (χ1n) is 6.44. The number of hydrogen-bond acceptors (Lipinski definition) is 2. The molecule has 2 aromatic rings. The van der Waals surface area contributed by atoms with Crippen LogP contribution in [0.1, 0.15) is 24.1 Å². The van der Waals surface area contributed by atoms with Crippen LogP contribution >= 0.6 is 35.0 Å². The van der Waals surface area contributed by atoms with E-state index in [1.807, 2.05) is 25.2 Å². The molecule has 0 bridgehead atoms. The molecule has 0 saturated heterocycles. The van der Waals surface area contributed by atoms with Crippen LogP contribution < -0.4 is 5.32 Å². The zero-order valence-corrected chi connectivity index (χ0v) is 13.8. The number of benzene rings is 2. The van der Waals surface area contributed by atoms with Gasteiger partial charge in [-0.15, -0.1) is 11.8 Å². The van der Waals surface area contributed by atoms with Crippen LogP contribution in [0.15, 0.2) is 47.4 Å². The minimum absolute atomic E-state index is 0.372. The Morgan fingerprint density at radius 3 is 2.45 bits per heavy atom. The topological polar surface area (TPSA) is 12.0 Å². The first kappa shape index (κ1) is 15.7. The van der Waals surface area contributed by atoms with Gasteiger partial charge in [0, 0.05) is 16.7 Å². The van der Waals surface area contributed by atoms with Crippen LogP contribution in [0.4, 0.5) is 0 Å². The summed E-state index contributed by atoms with van der Waals surface area (Å²) < 4.78 is 0. The largest absolute Gasteiger partial charge is 0.313 e. The van der Waals surface area contributed by atoms with Crippen LogP contribution in [-0.2, 0) is 5.75 Å². The molecule has 1 atom stereocenters.